The molecule has 0 saturated heterocycles. The van der Waals surface area contributed by atoms with Crippen molar-refractivity contribution < 1.29 is 4.74 Å². The third-order valence-electron chi connectivity index (χ3n) is 1.15. The van der Waals surface area contributed by atoms with Crippen molar-refractivity contribution >= 4 is 0 Å². The number of hydrogen-bond donors (Lipinski definition) is 0. The summed E-state index contributed by atoms with van der Waals surface area (Å²) in [5.74, 6) is 1.12. The van der Waals surface area contributed by atoms with Gasteiger partial charge in [0.25, 0.3) is 0 Å². The molecule has 0 fully saturated rings. The molecule has 0 bridgehead atoms. The monoisotopic (exact) mass is 128 g/mol. The maximum Gasteiger partial charge on any atom is 0.0916 e. The van der Waals surface area contributed by atoms with Crippen molar-refractivity contribution in [3.8, 4) is 0 Å². The van der Waals surface area contributed by atoms with E-state index in [1.54, 1.807) is 0 Å². The van der Waals surface area contributed by atoms with E-state index in [1.807, 2.05) is 19.9 Å². The van der Waals surface area contributed by atoms with Gasteiger partial charge in [0, 0.05) is 6.42 Å². The average Bonchev–Trinajstić information content (AvgIpc) is 1.88. The Morgan fingerprint density at radius 3 is 2.44 bits per heavy atom. The Kier molecular flexibility index (Phi) is 5.38. The summed E-state index contributed by atoms with van der Waals surface area (Å²) in [6, 6.07) is 0. The predicted octanol–water partition coefficient (Wildman–Crippen LogP) is 2.73. The summed E-state index contributed by atoms with van der Waals surface area (Å²) in [7, 11) is 0. The molecule has 0 atom stereocenters. The predicted molar refractivity (Wildman–Crippen MR) is 40.3 cm³/mol. The Morgan fingerprint density at radius 2 is 2.11 bits per heavy atom. The molecule has 0 saturated carbocycles. The van der Waals surface area contributed by atoms with Crippen LogP contribution < -0.4 is 0 Å². The summed E-state index contributed by atoms with van der Waals surface area (Å²) in [6.45, 7) is 6.97. The van der Waals surface area contributed by atoms with Crippen LogP contribution in [0.3, 0.4) is 0 Å². The highest BCUT2D eigenvalue weighted by molar-refractivity contribution is 4.89. The van der Waals surface area contributed by atoms with Crippen LogP contribution in [-0.2, 0) is 4.74 Å². The average molecular weight is 128 g/mol. The fraction of sp³-hybridized carbons (Fsp3) is 0.750. The summed E-state index contributed by atoms with van der Waals surface area (Å²) in [6.07, 6.45) is 4.27. The van der Waals surface area contributed by atoms with E-state index in [0.717, 1.165) is 18.8 Å². The molecule has 0 spiro atoms. The van der Waals surface area contributed by atoms with Gasteiger partial charge in [0.2, 0.25) is 0 Å². The number of rotatable bonds is 4. The lowest BCUT2D eigenvalue weighted by atomic mass is 10.3. The van der Waals surface area contributed by atoms with Crippen molar-refractivity contribution in [1.29, 1.82) is 0 Å². The van der Waals surface area contributed by atoms with Gasteiger partial charge in [-0.25, -0.2) is 0 Å². The van der Waals surface area contributed by atoms with E-state index in [-0.39, 0.29) is 0 Å². The molecule has 0 rings (SSSR count). The molecule has 0 heterocycles. The third-order valence-corrected chi connectivity index (χ3v) is 1.15. The first-order valence-electron chi connectivity index (χ1n) is 3.63. The quantitative estimate of drug-likeness (QED) is 0.529. The fourth-order valence-electron chi connectivity index (χ4n) is 0.732. The molecule has 9 heavy (non-hydrogen) atoms. The first-order chi connectivity index (χ1) is 4.35. The summed E-state index contributed by atoms with van der Waals surface area (Å²) in [4.78, 5) is 0. The SMILES string of the molecule is CC=C(CCC)OCC. The zero-order valence-electron chi connectivity index (χ0n) is 6.61. The van der Waals surface area contributed by atoms with Gasteiger partial charge in [-0.15, -0.1) is 0 Å². The van der Waals surface area contributed by atoms with Crippen LogP contribution in [-0.4, -0.2) is 6.61 Å². The van der Waals surface area contributed by atoms with Crippen LogP contribution in [0.4, 0.5) is 0 Å². The second kappa shape index (κ2) is 5.67. The maximum absolute atomic E-state index is 5.29. The Balaban J connectivity index is 3.43. The number of hydrogen-bond acceptors (Lipinski definition) is 1. The Bertz CT molecular complexity index is 76.6. The van der Waals surface area contributed by atoms with Crippen LogP contribution in [0.25, 0.3) is 0 Å². The van der Waals surface area contributed by atoms with E-state index in [4.69, 9.17) is 4.74 Å². The minimum atomic E-state index is 0.791. The van der Waals surface area contributed by atoms with Crippen LogP contribution in [0.15, 0.2) is 11.8 Å². The van der Waals surface area contributed by atoms with E-state index in [0.29, 0.717) is 0 Å². The molecule has 0 unspecified atom stereocenters. The van der Waals surface area contributed by atoms with Crippen molar-refractivity contribution in [2.24, 2.45) is 0 Å². The van der Waals surface area contributed by atoms with Crippen LogP contribution in [0.5, 0.6) is 0 Å². The lowest BCUT2D eigenvalue weighted by Crippen LogP contribution is -1.89. The molecule has 0 N–H and O–H groups in total. The first kappa shape index (κ1) is 8.54. The Morgan fingerprint density at radius 1 is 1.44 bits per heavy atom. The summed E-state index contributed by atoms with van der Waals surface area (Å²) >= 11 is 0. The van der Waals surface area contributed by atoms with Gasteiger partial charge in [0.1, 0.15) is 0 Å². The van der Waals surface area contributed by atoms with E-state index >= 15 is 0 Å². The largest absolute Gasteiger partial charge is 0.499 e. The van der Waals surface area contributed by atoms with Crippen molar-refractivity contribution in [2.45, 2.75) is 33.6 Å². The molecular weight excluding hydrogens is 112 g/mol. The molecule has 0 aliphatic carbocycles. The first-order valence-corrected chi connectivity index (χ1v) is 3.63. The fourth-order valence-corrected chi connectivity index (χ4v) is 0.732. The minimum absolute atomic E-state index is 0.791. The van der Waals surface area contributed by atoms with Gasteiger partial charge in [-0.3, -0.25) is 0 Å². The number of allylic oxidation sites excluding steroid dienone is 2. The minimum Gasteiger partial charge on any atom is -0.499 e. The molecule has 0 aromatic carbocycles. The van der Waals surface area contributed by atoms with Gasteiger partial charge in [0.05, 0.1) is 12.4 Å². The van der Waals surface area contributed by atoms with E-state index < -0.39 is 0 Å². The molecule has 0 aromatic rings. The second-order valence-electron chi connectivity index (χ2n) is 1.94. The van der Waals surface area contributed by atoms with Crippen molar-refractivity contribution in [2.75, 3.05) is 6.61 Å². The molecule has 54 valence electrons. The highest BCUT2D eigenvalue weighted by Gasteiger charge is 1.90. The Hall–Kier alpha value is -0.460. The van der Waals surface area contributed by atoms with Gasteiger partial charge in [0.15, 0.2) is 0 Å². The summed E-state index contributed by atoms with van der Waals surface area (Å²) < 4.78 is 5.29. The van der Waals surface area contributed by atoms with Crippen LogP contribution in [0.1, 0.15) is 33.6 Å². The van der Waals surface area contributed by atoms with E-state index in [2.05, 4.69) is 6.92 Å². The normalized spacial score (nSPS) is 11.7. The van der Waals surface area contributed by atoms with Gasteiger partial charge in [-0.05, 0) is 26.3 Å². The molecule has 1 heteroatoms. The zero-order chi connectivity index (χ0) is 7.11. The lowest BCUT2D eigenvalue weighted by Gasteiger charge is -2.04. The van der Waals surface area contributed by atoms with E-state index in [9.17, 15) is 0 Å². The van der Waals surface area contributed by atoms with Gasteiger partial charge in [-0.2, -0.15) is 0 Å². The molecule has 0 amide bonds. The summed E-state index contributed by atoms with van der Waals surface area (Å²) in [5.41, 5.74) is 0. The van der Waals surface area contributed by atoms with Crippen molar-refractivity contribution in [3.63, 3.8) is 0 Å². The summed E-state index contributed by atoms with van der Waals surface area (Å²) in [5, 5.41) is 0. The third kappa shape index (κ3) is 4.07. The standard InChI is InChI=1S/C8H16O/c1-4-7-8(5-2)9-6-3/h5H,4,6-7H2,1-3H3. The van der Waals surface area contributed by atoms with Crippen LogP contribution in [0, 0.1) is 0 Å². The topological polar surface area (TPSA) is 9.23 Å². The maximum atomic E-state index is 5.29. The van der Waals surface area contributed by atoms with Crippen LogP contribution in [0.2, 0.25) is 0 Å². The van der Waals surface area contributed by atoms with Crippen molar-refractivity contribution in [1.82, 2.24) is 0 Å². The van der Waals surface area contributed by atoms with E-state index in [1.165, 1.54) is 6.42 Å². The number of ether oxygens (including phenoxy) is 1. The molecular formula is C8H16O. The highest BCUT2D eigenvalue weighted by atomic mass is 16.5. The molecule has 0 aliphatic heterocycles. The zero-order valence-corrected chi connectivity index (χ0v) is 6.61. The Labute approximate surface area is 57.7 Å². The molecule has 0 radical (unpaired) electrons. The molecule has 0 aromatic heterocycles. The van der Waals surface area contributed by atoms with Gasteiger partial charge < -0.3 is 4.74 Å². The van der Waals surface area contributed by atoms with Gasteiger partial charge in [-0.1, -0.05) is 6.92 Å². The second-order valence-corrected chi connectivity index (χ2v) is 1.94. The molecule has 0 aliphatic rings. The molecule has 1 nitrogen and oxygen atoms in total. The van der Waals surface area contributed by atoms with Crippen molar-refractivity contribution in [3.05, 3.63) is 11.8 Å². The van der Waals surface area contributed by atoms with Crippen LogP contribution >= 0.6 is 0 Å². The van der Waals surface area contributed by atoms with Gasteiger partial charge >= 0.3 is 0 Å². The lowest BCUT2D eigenvalue weighted by molar-refractivity contribution is 0.217. The smallest absolute Gasteiger partial charge is 0.0916 e. The highest BCUT2D eigenvalue weighted by Crippen LogP contribution is 2.04.